The number of thiophene rings is 1. The highest BCUT2D eigenvalue weighted by Crippen LogP contribution is 2.36. The molecule has 1 fully saturated rings. The Hall–Kier alpha value is -0.380. The van der Waals surface area contributed by atoms with Crippen LogP contribution in [0.25, 0.3) is 0 Å². The molecule has 2 atom stereocenters. The summed E-state index contributed by atoms with van der Waals surface area (Å²) in [5.74, 6) is 0.799. The molecule has 3 heteroatoms. The van der Waals surface area contributed by atoms with Crippen molar-refractivity contribution in [2.45, 2.75) is 44.8 Å². The number of ether oxygens (including phenoxy) is 1. The molecule has 17 heavy (non-hydrogen) atoms. The highest BCUT2D eigenvalue weighted by Gasteiger charge is 2.36. The van der Waals surface area contributed by atoms with E-state index in [0.29, 0.717) is 12.1 Å². The molecule has 2 nitrogen and oxygen atoms in total. The Morgan fingerprint density at radius 2 is 2.35 bits per heavy atom. The van der Waals surface area contributed by atoms with E-state index in [-0.39, 0.29) is 0 Å². The Morgan fingerprint density at radius 3 is 2.88 bits per heavy atom. The minimum absolute atomic E-state index is 0.412. The van der Waals surface area contributed by atoms with Crippen LogP contribution < -0.4 is 5.32 Å². The molecule has 0 spiro atoms. The summed E-state index contributed by atoms with van der Waals surface area (Å²) in [5, 5.41) is 5.76. The number of nitrogens with one attached hydrogen (secondary N) is 1. The zero-order valence-corrected chi connectivity index (χ0v) is 11.6. The largest absolute Gasteiger partial charge is 0.380 e. The van der Waals surface area contributed by atoms with Gasteiger partial charge < -0.3 is 10.1 Å². The highest BCUT2D eigenvalue weighted by atomic mass is 32.1. The molecule has 1 heterocycles. The van der Waals surface area contributed by atoms with Gasteiger partial charge in [-0.3, -0.25) is 0 Å². The molecule has 1 aliphatic rings. The van der Waals surface area contributed by atoms with Crippen LogP contribution in [0.2, 0.25) is 0 Å². The van der Waals surface area contributed by atoms with Gasteiger partial charge in [0.25, 0.3) is 0 Å². The summed E-state index contributed by atoms with van der Waals surface area (Å²) < 4.78 is 5.70. The van der Waals surface area contributed by atoms with Crippen LogP contribution in [0, 0.1) is 5.92 Å². The molecule has 1 N–H and O–H groups in total. The first-order chi connectivity index (χ1) is 8.35. The van der Waals surface area contributed by atoms with E-state index in [9.17, 15) is 0 Å². The first-order valence-electron chi connectivity index (χ1n) is 6.63. The van der Waals surface area contributed by atoms with Crippen molar-refractivity contribution in [3.05, 3.63) is 22.4 Å². The quantitative estimate of drug-likeness (QED) is 0.769. The second-order valence-electron chi connectivity index (χ2n) is 4.82. The number of rotatable bonds is 8. The van der Waals surface area contributed by atoms with Crippen LogP contribution in [-0.2, 0) is 11.2 Å². The summed E-state index contributed by atoms with van der Waals surface area (Å²) in [5.41, 5.74) is 0. The minimum Gasteiger partial charge on any atom is -0.380 e. The van der Waals surface area contributed by atoms with E-state index in [1.165, 1.54) is 30.6 Å². The van der Waals surface area contributed by atoms with Gasteiger partial charge in [-0.25, -0.2) is 0 Å². The van der Waals surface area contributed by atoms with Crippen LogP contribution in [0.3, 0.4) is 0 Å². The fourth-order valence-electron chi connectivity index (χ4n) is 2.51. The molecule has 2 unspecified atom stereocenters. The Bertz CT molecular complexity index is 308. The molecular weight excluding hydrogens is 230 g/mol. The minimum atomic E-state index is 0.412. The Kier molecular flexibility index (Phi) is 5.01. The molecule has 1 saturated carbocycles. The summed E-state index contributed by atoms with van der Waals surface area (Å²) in [6.45, 7) is 3.21. The van der Waals surface area contributed by atoms with E-state index >= 15 is 0 Å². The Balaban J connectivity index is 1.86. The molecule has 0 amide bonds. The molecule has 1 aromatic rings. The standard InChI is InChI=1S/C14H23NOS/c1-3-15-13(14(16-2)11-6-7-11)9-8-12-5-4-10-17-12/h4-5,10-11,13-15H,3,6-9H2,1-2H3. The molecule has 0 aliphatic heterocycles. The second kappa shape index (κ2) is 6.53. The van der Waals surface area contributed by atoms with Crippen LogP contribution in [0.1, 0.15) is 31.1 Å². The summed E-state index contributed by atoms with van der Waals surface area (Å²) in [7, 11) is 1.86. The smallest absolute Gasteiger partial charge is 0.0752 e. The maximum atomic E-state index is 5.70. The lowest BCUT2D eigenvalue weighted by Gasteiger charge is -2.26. The van der Waals surface area contributed by atoms with E-state index in [1.54, 1.807) is 0 Å². The van der Waals surface area contributed by atoms with Crippen molar-refractivity contribution >= 4 is 11.3 Å². The van der Waals surface area contributed by atoms with Crippen molar-refractivity contribution in [1.82, 2.24) is 5.32 Å². The van der Waals surface area contributed by atoms with Gasteiger partial charge in [0.1, 0.15) is 0 Å². The topological polar surface area (TPSA) is 21.3 Å². The van der Waals surface area contributed by atoms with Crippen molar-refractivity contribution in [3.8, 4) is 0 Å². The molecule has 1 aliphatic carbocycles. The van der Waals surface area contributed by atoms with Crippen molar-refractivity contribution < 1.29 is 4.74 Å². The van der Waals surface area contributed by atoms with Gasteiger partial charge in [0.15, 0.2) is 0 Å². The average Bonchev–Trinajstić information content (AvgIpc) is 3.03. The molecule has 96 valence electrons. The number of methoxy groups -OCH3 is 1. The first-order valence-corrected chi connectivity index (χ1v) is 7.51. The number of hydrogen-bond acceptors (Lipinski definition) is 3. The first kappa shape index (κ1) is 13.1. The van der Waals surface area contributed by atoms with Crippen molar-refractivity contribution in [1.29, 1.82) is 0 Å². The molecule has 0 bridgehead atoms. The van der Waals surface area contributed by atoms with Crippen molar-refractivity contribution in [2.24, 2.45) is 5.92 Å². The lowest BCUT2D eigenvalue weighted by atomic mass is 10.0. The third kappa shape index (κ3) is 3.80. The van der Waals surface area contributed by atoms with E-state index < -0.39 is 0 Å². The summed E-state index contributed by atoms with van der Waals surface area (Å²) in [6.07, 6.45) is 5.46. The van der Waals surface area contributed by atoms with Gasteiger partial charge in [0.05, 0.1) is 6.10 Å². The van der Waals surface area contributed by atoms with Crippen LogP contribution in [0.5, 0.6) is 0 Å². The maximum Gasteiger partial charge on any atom is 0.0752 e. The Labute approximate surface area is 108 Å². The average molecular weight is 253 g/mol. The van der Waals surface area contributed by atoms with E-state index in [1.807, 2.05) is 18.4 Å². The van der Waals surface area contributed by atoms with Gasteiger partial charge in [-0.15, -0.1) is 11.3 Å². The van der Waals surface area contributed by atoms with Crippen molar-refractivity contribution in [3.63, 3.8) is 0 Å². The fraction of sp³-hybridized carbons (Fsp3) is 0.714. The zero-order chi connectivity index (χ0) is 12.1. The number of aryl methyl sites for hydroxylation is 1. The summed E-state index contributed by atoms with van der Waals surface area (Å²) in [6, 6.07) is 4.88. The van der Waals surface area contributed by atoms with Gasteiger partial charge in [0, 0.05) is 18.0 Å². The highest BCUT2D eigenvalue weighted by molar-refractivity contribution is 7.09. The maximum absolute atomic E-state index is 5.70. The molecule has 2 rings (SSSR count). The lowest BCUT2D eigenvalue weighted by molar-refractivity contribution is 0.0490. The van der Waals surface area contributed by atoms with Gasteiger partial charge in [-0.05, 0) is 49.6 Å². The molecule has 0 aromatic carbocycles. The predicted octanol–water partition coefficient (Wildman–Crippen LogP) is 3.08. The molecule has 0 saturated heterocycles. The zero-order valence-electron chi connectivity index (χ0n) is 10.8. The SMILES string of the molecule is CCNC(CCc1cccs1)C(OC)C1CC1. The molecule has 0 radical (unpaired) electrons. The number of likely N-dealkylation sites (N-methyl/N-ethyl adjacent to an activating group) is 1. The van der Waals surface area contributed by atoms with Crippen LogP contribution >= 0.6 is 11.3 Å². The molecule has 1 aromatic heterocycles. The summed E-state index contributed by atoms with van der Waals surface area (Å²) in [4.78, 5) is 1.48. The number of hydrogen-bond donors (Lipinski definition) is 1. The van der Waals surface area contributed by atoms with Crippen molar-refractivity contribution in [2.75, 3.05) is 13.7 Å². The lowest BCUT2D eigenvalue weighted by Crippen LogP contribution is -2.42. The van der Waals surface area contributed by atoms with Gasteiger partial charge in [0.2, 0.25) is 0 Å². The summed E-state index contributed by atoms with van der Waals surface area (Å²) >= 11 is 1.86. The van der Waals surface area contributed by atoms with Gasteiger partial charge in [-0.2, -0.15) is 0 Å². The third-order valence-corrected chi connectivity index (χ3v) is 4.44. The van der Waals surface area contributed by atoms with Crippen LogP contribution in [0.15, 0.2) is 17.5 Å². The second-order valence-corrected chi connectivity index (χ2v) is 5.85. The Morgan fingerprint density at radius 1 is 1.53 bits per heavy atom. The fourth-order valence-corrected chi connectivity index (χ4v) is 3.23. The monoisotopic (exact) mass is 253 g/mol. The van der Waals surface area contributed by atoms with Crippen LogP contribution in [0.4, 0.5) is 0 Å². The van der Waals surface area contributed by atoms with E-state index in [4.69, 9.17) is 4.74 Å². The normalized spacial score (nSPS) is 19.2. The molecular formula is C14H23NOS. The van der Waals surface area contributed by atoms with E-state index in [0.717, 1.165) is 12.5 Å². The van der Waals surface area contributed by atoms with Gasteiger partial charge in [-0.1, -0.05) is 13.0 Å². The predicted molar refractivity (Wildman–Crippen MR) is 73.6 cm³/mol. The van der Waals surface area contributed by atoms with Crippen LogP contribution in [-0.4, -0.2) is 25.8 Å². The third-order valence-electron chi connectivity index (χ3n) is 3.50. The van der Waals surface area contributed by atoms with Gasteiger partial charge >= 0.3 is 0 Å². The van der Waals surface area contributed by atoms with E-state index in [2.05, 4.69) is 29.8 Å².